The summed E-state index contributed by atoms with van der Waals surface area (Å²) in [6.45, 7) is 2.23. The number of urea groups is 1. The standard InChI is InChI=1S/C26H19BrCl2N2O4/c1-2-15-3-8-19(9-4-15)31-25(33)20(24(32)30-26(31)34)11-16-5-10-23(21(27)12-16)35-14-17-6-7-18(28)13-22(17)29/h3-13H,2,14H2,1H3,(H,30,32,34)/b20-11-. The molecule has 0 unspecified atom stereocenters. The summed E-state index contributed by atoms with van der Waals surface area (Å²) >= 11 is 15.6. The lowest BCUT2D eigenvalue weighted by molar-refractivity contribution is -0.122. The Morgan fingerprint density at radius 1 is 1.00 bits per heavy atom. The number of barbiturate groups is 1. The van der Waals surface area contributed by atoms with Gasteiger partial charge in [-0.05, 0) is 76.0 Å². The molecule has 1 N–H and O–H groups in total. The van der Waals surface area contributed by atoms with E-state index in [1.807, 2.05) is 19.1 Å². The van der Waals surface area contributed by atoms with E-state index in [4.69, 9.17) is 27.9 Å². The highest BCUT2D eigenvalue weighted by Crippen LogP contribution is 2.30. The van der Waals surface area contributed by atoms with Crippen molar-refractivity contribution in [2.75, 3.05) is 4.90 Å². The first-order valence-corrected chi connectivity index (χ1v) is 12.2. The quantitative estimate of drug-likeness (QED) is 0.267. The van der Waals surface area contributed by atoms with Gasteiger partial charge in [-0.1, -0.05) is 54.4 Å². The van der Waals surface area contributed by atoms with Crippen LogP contribution in [0.2, 0.25) is 10.0 Å². The number of nitrogens with one attached hydrogen (secondary N) is 1. The molecule has 0 aromatic heterocycles. The first-order chi connectivity index (χ1) is 16.8. The lowest BCUT2D eigenvalue weighted by atomic mass is 10.1. The van der Waals surface area contributed by atoms with Crippen molar-refractivity contribution in [3.8, 4) is 5.75 Å². The molecule has 0 spiro atoms. The molecule has 4 amide bonds. The van der Waals surface area contributed by atoms with Crippen molar-refractivity contribution in [1.29, 1.82) is 0 Å². The van der Waals surface area contributed by atoms with Gasteiger partial charge >= 0.3 is 6.03 Å². The largest absolute Gasteiger partial charge is 0.488 e. The van der Waals surface area contributed by atoms with E-state index in [0.29, 0.717) is 31.5 Å². The van der Waals surface area contributed by atoms with Crippen LogP contribution in [0.3, 0.4) is 0 Å². The van der Waals surface area contributed by atoms with E-state index in [0.717, 1.165) is 22.4 Å². The molecule has 0 aliphatic carbocycles. The van der Waals surface area contributed by atoms with Crippen LogP contribution in [-0.4, -0.2) is 17.8 Å². The van der Waals surface area contributed by atoms with E-state index < -0.39 is 17.8 Å². The van der Waals surface area contributed by atoms with Gasteiger partial charge in [-0.3, -0.25) is 14.9 Å². The average Bonchev–Trinajstić information content (AvgIpc) is 2.82. The summed E-state index contributed by atoms with van der Waals surface area (Å²) in [6, 6.07) is 16.5. The normalized spacial score (nSPS) is 14.9. The molecule has 4 rings (SSSR count). The van der Waals surface area contributed by atoms with Gasteiger partial charge < -0.3 is 4.74 Å². The van der Waals surface area contributed by atoms with Gasteiger partial charge in [-0.15, -0.1) is 0 Å². The number of carbonyl (C=O) groups is 3. The molecule has 35 heavy (non-hydrogen) atoms. The number of hydrogen-bond acceptors (Lipinski definition) is 4. The monoisotopic (exact) mass is 572 g/mol. The van der Waals surface area contributed by atoms with Gasteiger partial charge in [0, 0.05) is 15.6 Å². The topological polar surface area (TPSA) is 75.7 Å². The molecule has 3 aromatic carbocycles. The number of imide groups is 2. The SMILES string of the molecule is CCc1ccc(N2C(=O)NC(=O)/C(=C/c3ccc(OCc4ccc(Cl)cc4Cl)c(Br)c3)C2=O)cc1. The molecule has 0 bridgehead atoms. The molecule has 1 fully saturated rings. The fourth-order valence-corrected chi connectivity index (χ4v) is 4.43. The zero-order chi connectivity index (χ0) is 25.1. The summed E-state index contributed by atoms with van der Waals surface area (Å²) in [5, 5.41) is 3.27. The van der Waals surface area contributed by atoms with Crippen molar-refractivity contribution in [2.24, 2.45) is 0 Å². The summed E-state index contributed by atoms with van der Waals surface area (Å²) in [5.74, 6) is -0.905. The minimum Gasteiger partial charge on any atom is -0.488 e. The Kier molecular flexibility index (Phi) is 7.60. The van der Waals surface area contributed by atoms with E-state index in [1.165, 1.54) is 6.08 Å². The second kappa shape index (κ2) is 10.6. The number of rotatable bonds is 6. The number of nitrogens with zero attached hydrogens (tertiary/aromatic N) is 1. The highest BCUT2D eigenvalue weighted by molar-refractivity contribution is 9.10. The third-order valence-electron chi connectivity index (χ3n) is 5.37. The first-order valence-electron chi connectivity index (χ1n) is 10.6. The van der Waals surface area contributed by atoms with Gasteiger partial charge in [-0.2, -0.15) is 0 Å². The summed E-state index contributed by atoms with van der Waals surface area (Å²) in [7, 11) is 0. The molecule has 1 aliphatic rings. The smallest absolute Gasteiger partial charge is 0.335 e. The fraction of sp³-hybridized carbons (Fsp3) is 0.115. The van der Waals surface area contributed by atoms with Crippen LogP contribution in [-0.2, 0) is 22.6 Å². The second-order valence-corrected chi connectivity index (χ2v) is 9.39. The molecule has 0 atom stereocenters. The van der Waals surface area contributed by atoms with Crippen molar-refractivity contribution < 1.29 is 19.1 Å². The maximum Gasteiger partial charge on any atom is 0.335 e. The van der Waals surface area contributed by atoms with Gasteiger partial charge in [0.25, 0.3) is 11.8 Å². The summed E-state index contributed by atoms with van der Waals surface area (Å²) < 4.78 is 6.46. The number of halogens is 3. The molecular formula is C26H19BrCl2N2O4. The first kappa shape index (κ1) is 25.0. The van der Waals surface area contributed by atoms with E-state index in [1.54, 1.807) is 48.5 Å². The highest BCUT2D eigenvalue weighted by atomic mass is 79.9. The van der Waals surface area contributed by atoms with Crippen LogP contribution < -0.4 is 15.0 Å². The number of hydrogen-bond donors (Lipinski definition) is 1. The van der Waals surface area contributed by atoms with Crippen molar-refractivity contribution in [1.82, 2.24) is 5.32 Å². The van der Waals surface area contributed by atoms with Gasteiger partial charge in [0.15, 0.2) is 0 Å². The van der Waals surface area contributed by atoms with E-state index in [9.17, 15) is 14.4 Å². The van der Waals surface area contributed by atoms with E-state index in [2.05, 4.69) is 21.2 Å². The van der Waals surface area contributed by atoms with E-state index in [-0.39, 0.29) is 12.2 Å². The minimum atomic E-state index is -0.785. The summed E-state index contributed by atoms with van der Waals surface area (Å²) in [6.07, 6.45) is 2.26. The maximum absolute atomic E-state index is 13.1. The molecule has 3 aromatic rings. The Morgan fingerprint density at radius 2 is 1.74 bits per heavy atom. The zero-order valence-corrected chi connectivity index (χ0v) is 21.6. The predicted octanol–water partition coefficient (Wildman–Crippen LogP) is 6.56. The third-order valence-corrected chi connectivity index (χ3v) is 6.58. The van der Waals surface area contributed by atoms with Gasteiger partial charge in [0.1, 0.15) is 17.9 Å². The van der Waals surface area contributed by atoms with Crippen molar-refractivity contribution in [3.63, 3.8) is 0 Å². The summed E-state index contributed by atoms with van der Waals surface area (Å²) in [5.41, 5.74) is 2.64. The van der Waals surface area contributed by atoms with Crippen molar-refractivity contribution in [2.45, 2.75) is 20.0 Å². The van der Waals surface area contributed by atoms with E-state index >= 15 is 0 Å². The van der Waals surface area contributed by atoms with Crippen LogP contribution in [0.5, 0.6) is 5.75 Å². The number of anilines is 1. The maximum atomic E-state index is 13.1. The summed E-state index contributed by atoms with van der Waals surface area (Å²) in [4.78, 5) is 38.9. The van der Waals surface area contributed by atoms with Crippen LogP contribution in [0.4, 0.5) is 10.5 Å². The average molecular weight is 574 g/mol. The van der Waals surface area contributed by atoms with Gasteiger partial charge in [0.2, 0.25) is 0 Å². The molecule has 0 saturated carbocycles. The molecule has 1 heterocycles. The highest BCUT2D eigenvalue weighted by Gasteiger charge is 2.36. The zero-order valence-electron chi connectivity index (χ0n) is 18.5. The number of aryl methyl sites for hydroxylation is 1. The molecule has 6 nitrogen and oxygen atoms in total. The third kappa shape index (κ3) is 5.59. The fourth-order valence-electron chi connectivity index (χ4n) is 3.46. The van der Waals surface area contributed by atoms with Crippen LogP contribution in [0.25, 0.3) is 6.08 Å². The predicted molar refractivity (Wildman–Crippen MR) is 140 cm³/mol. The Morgan fingerprint density at radius 3 is 2.40 bits per heavy atom. The van der Waals surface area contributed by atoms with Crippen LogP contribution in [0.1, 0.15) is 23.6 Å². The molecule has 1 aliphatic heterocycles. The number of amides is 4. The Hall–Kier alpha value is -3.13. The van der Waals surface area contributed by atoms with Crippen LogP contribution in [0, 0.1) is 0 Å². The lowest BCUT2D eigenvalue weighted by Gasteiger charge is -2.26. The number of ether oxygens (including phenoxy) is 1. The van der Waals surface area contributed by atoms with Gasteiger partial charge in [0.05, 0.1) is 10.2 Å². The van der Waals surface area contributed by atoms with Gasteiger partial charge in [-0.25, -0.2) is 9.69 Å². The molecule has 1 saturated heterocycles. The lowest BCUT2D eigenvalue weighted by Crippen LogP contribution is -2.54. The molecule has 9 heteroatoms. The molecule has 0 radical (unpaired) electrons. The van der Waals surface area contributed by atoms with Crippen molar-refractivity contribution in [3.05, 3.63) is 97.4 Å². The van der Waals surface area contributed by atoms with Crippen LogP contribution in [0.15, 0.2) is 70.7 Å². The molecule has 178 valence electrons. The Balaban J connectivity index is 1.55. The Bertz CT molecular complexity index is 1360. The number of carbonyl (C=O) groups excluding carboxylic acids is 3. The molecular weight excluding hydrogens is 555 g/mol. The number of benzene rings is 3. The van der Waals surface area contributed by atoms with Crippen LogP contribution >= 0.6 is 39.1 Å². The minimum absolute atomic E-state index is 0.155. The van der Waals surface area contributed by atoms with Crippen molar-refractivity contribution >= 4 is 68.7 Å². The Labute approximate surface area is 220 Å². The second-order valence-electron chi connectivity index (χ2n) is 7.69.